The summed E-state index contributed by atoms with van der Waals surface area (Å²) < 4.78 is 0. The summed E-state index contributed by atoms with van der Waals surface area (Å²) in [6.07, 6.45) is 10.0. The Bertz CT molecular complexity index is 425. The van der Waals surface area contributed by atoms with Gasteiger partial charge in [0.1, 0.15) is 18.0 Å². The lowest BCUT2D eigenvalue weighted by atomic mass is 9.87. The number of rotatable bonds is 7. The van der Waals surface area contributed by atoms with Gasteiger partial charge in [0.05, 0.1) is 0 Å². The molecule has 1 aromatic heterocycles. The molecule has 0 bridgehead atoms. The zero-order valence-electron chi connectivity index (χ0n) is 13.8. The van der Waals surface area contributed by atoms with Crippen molar-refractivity contribution in [3.8, 4) is 0 Å². The first kappa shape index (κ1) is 16.1. The smallest absolute Gasteiger partial charge is 0.134 e. The Morgan fingerprint density at radius 1 is 1.10 bits per heavy atom. The van der Waals surface area contributed by atoms with E-state index in [1.165, 1.54) is 44.1 Å². The van der Waals surface area contributed by atoms with E-state index in [4.69, 9.17) is 0 Å². The molecule has 4 heteroatoms. The van der Waals surface area contributed by atoms with Crippen LogP contribution in [0.2, 0.25) is 0 Å². The molecule has 1 aromatic rings. The number of nitrogens with one attached hydrogen (secondary N) is 2. The Morgan fingerprint density at radius 2 is 1.76 bits per heavy atom. The Labute approximate surface area is 129 Å². The van der Waals surface area contributed by atoms with Crippen molar-refractivity contribution in [1.82, 2.24) is 9.97 Å². The second-order valence-electron chi connectivity index (χ2n) is 6.39. The van der Waals surface area contributed by atoms with Gasteiger partial charge in [-0.25, -0.2) is 9.97 Å². The van der Waals surface area contributed by atoms with Gasteiger partial charge in [0.2, 0.25) is 0 Å². The van der Waals surface area contributed by atoms with E-state index >= 15 is 0 Å². The van der Waals surface area contributed by atoms with Gasteiger partial charge < -0.3 is 10.6 Å². The van der Waals surface area contributed by atoms with Crippen molar-refractivity contribution in [2.45, 2.75) is 65.2 Å². The standard InChI is InChI=1S/C17H30N4/c1-4-18-16-15(13(2)3)17(21-12-20-16)19-11-10-14-8-6-5-7-9-14/h12-14H,4-11H2,1-3H3,(H2,18,19,20,21). The quantitative estimate of drug-likeness (QED) is 0.780. The fraction of sp³-hybridized carbons (Fsp3) is 0.765. The highest BCUT2D eigenvalue weighted by atomic mass is 15.1. The highest BCUT2D eigenvalue weighted by molar-refractivity contribution is 5.58. The fourth-order valence-corrected chi connectivity index (χ4v) is 3.26. The van der Waals surface area contributed by atoms with Crippen LogP contribution in [0.1, 0.15) is 70.8 Å². The molecule has 2 N–H and O–H groups in total. The number of hydrogen-bond acceptors (Lipinski definition) is 4. The van der Waals surface area contributed by atoms with Gasteiger partial charge >= 0.3 is 0 Å². The van der Waals surface area contributed by atoms with Crippen molar-refractivity contribution in [2.24, 2.45) is 5.92 Å². The van der Waals surface area contributed by atoms with Gasteiger partial charge in [0.15, 0.2) is 0 Å². The molecule has 4 nitrogen and oxygen atoms in total. The summed E-state index contributed by atoms with van der Waals surface area (Å²) in [4.78, 5) is 8.85. The number of nitrogens with zero attached hydrogens (tertiary/aromatic N) is 2. The van der Waals surface area contributed by atoms with E-state index in [0.717, 1.165) is 30.6 Å². The molecule has 0 aromatic carbocycles. The van der Waals surface area contributed by atoms with Gasteiger partial charge in [-0.05, 0) is 25.2 Å². The predicted octanol–water partition coefficient (Wildman–Crippen LogP) is 4.41. The summed E-state index contributed by atoms with van der Waals surface area (Å²) in [5, 5.41) is 6.90. The molecule has 1 aliphatic rings. The molecule has 0 spiro atoms. The third-order valence-electron chi connectivity index (χ3n) is 4.38. The third kappa shape index (κ3) is 4.58. The Balaban J connectivity index is 1.96. The van der Waals surface area contributed by atoms with Crippen LogP contribution < -0.4 is 10.6 Å². The highest BCUT2D eigenvalue weighted by Crippen LogP contribution is 2.29. The van der Waals surface area contributed by atoms with Crippen molar-refractivity contribution in [1.29, 1.82) is 0 Å². The molecule has 0 saturated heterocycles. The fourth-order valence-electron chi connectivity index (χ4n) is 3.26. The minimum atomic E-state index is 0.414. The van der Waals surface area contributed by atoms with Crippen molar-refractivity contribution >= 4 is 11.6 Å². The van der Waals surface area contributed by atoms with Gasteiger partial charge in [-0.1, -0.05) is 46.0 Å². The van der Waals surface area contributed by atoms with Gasteiger partial charge in [0.25, 0.3) is 0 Å². The molecule has 118 valence electrons. The predicted molar refractivity (Wildman–Crippen MR) is 90.0 cm³/mol. The first-order valence-electron chi connectivity index (χ1n) is 8.55. The molecule has 0 radical (unpaired) electrons. The van der Waals surface area contributed by atoms with Crippen molar-refractivity contribution in [3.63, 3.8) is 0 Å². The molecule has 1 aliphatic carbocycles. The van der Waals surface area contributed by atoms with Crippen LogP contribution in [0.4, 0.5) is 11.6 Å². The molecule has 1 saturated carbocycles. The van der Waals surface area contributed by atoms with Gasteiger partial charge in [-0.15, -0.1) is 0 Å². The minimum absolute atomic E-state index is 0.414. The molecule has 2 rings (SSSR count). The Morgan fingerprint density at radius 3 is 2.38 bits per heavy atom. The van der Waals surface area contributed by atoms with Gasteiger partial charge in [-0.3, -0.25) is 0 Å². The maximum absolute atomic E-state index is 4.46. The van der Waals surface area contributed by atoms with E-state index in [-0.39, 0.29) is 0 Å². The summed E-state index contributed by atoms with van der Waals surface area (Å²) in [5.74, 6) is 3.30. The van der Waals surface area contributed by atoms with Crippen molar-refractivity contribution in [2.75, 3.05) is 23.7 Å². The second-order valence-corrected chi connectivity index (χ2v) is 6.39. The molecule has 21 heavy (non-hydrogen) atoms. The number of aromatic nitrogens is 2. The average Bonchev–Trinajstić information content (AvgIpc) is 2.48. The molecule has 0 unspecified atom stereocenters. The molecule has 1 heterocycles. The first-order chi connectivity index (χ1) is 10.2. The Kier molecular flexibility index (Phi) is 6.27. The summed E-state index contributed by atoms with van der Waals surface area (Å²) >= 11 is 0. The second kappa shape index (κ2) is 8.20. The van der Waals surface area contributed by atoms with Gasteiger partial charge in [0, 0.05) is 18.7 Å². The molecule has 0 atom stereocenters. The highest BCUT2D eigenvalue weighted by Gasteiger charge is 2.16. The zero-order chi connectivity index (χ0) is 15.1. The molecule has 1 fully saturated rings. The first-order valence-corrected chi connectivity index (χ1v) is 8.55. The van der Waals surface area contributed by atoms with Crippen LogP contribution in [0, 0.1) is 5.92 Å². The third-order valence-corrected chi connectivity index (χ3v) is 4.38. The maximum atomic E-state index is 4.46. The molecular weight excluding hydrogens is 260 g/mol. The van der Waals surface area contributed by atoms with E-state index < -0.39 is 0 Å². The monoisotopic (exact) mass is 290 g/mol. The minimum Gasteiger partial charge on any atom is -0.370 e. The topological polar surface area (TPSA) is 49.8 Å². The van der Waals surface area contributed by atoms with E-state index in [1.54, 1.807) is 6.33 Å². The van der Waals surface area contributed by atoms with Gasteiger partial charge in [-0.2, -0.15) is 0 Å². The van der Waals surface area contributed by atoms with E-state index in [9.17, 15) is 0 Å². The molecule has 0 aliphatic heterocycles. The largest absolute Gasteiger partial charge is 0.370 e. The van der Waals surface area contributed by atoms with Crippen molar-refractivity contribution < 1.29 is 0 Å². The lowest BCUT2D eigenvalue weighted by Gasteiger charge is -2.22. The molecule has 0 amide bonds. The summed E-state index contributed by atoms with van der Waals surface area (Å²) in [5.41, 5.74) is 1.21. The Hall–Kier alpha value is -1.32. The SMILES string of the molecule is CCNc1ncnc(NCCC2CCCCC2)c1C(C)C. The number of hydrogen-bond donors (Lipinski definition) is 2. The van der Waals surface area contributed by atoms with Crippen LogP contribution in [0.15, 0.2) is 6.33 Å². The normalized spacial score (nSPS) is 16.2. The average molecular weight is 290 g/mol. The van der Waals surface area contributed by atoms with Crippen LogP contribution >= 0.6 is 0 Å². The lowest BCUT2D eigenvalue weighted by molar-refractivity contribution is 0.345. The van der Waals surface area contributed by atoms with Crippen LogP contribution in [-0.4, -0.2) is 23.1 Å². The molecular formula is C17H30N4. The zero-order valence-corrected chi connectivity index (χ0v) is 13.8. The van der Waals surface area contributed by atoms with Crippen LogP contribution in [0.5, 0.6) is 0 Å². The van der Waals surface area contributed by atoms with Crippen LogP contribution in [0.3, 0.4) is 0 Å². The lowest BCUT2D eigenvalue weighted by Crippen LogP contribution is -2.15. The van der Waals surface area contributed by atoms with E-state index in [2.05, 4.69) is 41.4 Å². The maximum Gasteiger partial charge on any atom is 0.134 e. The summed E-state index contributed by atoms with van der Waals surface area (Å²) in [7, 11) is 0. The van der Waals surface area contributed by atoms with Crippen LogP contribution in [-0.2, 0) is 0 Å². The van der Waals surface area contributed by atoms with E-state index in [1.807, 2.05) is 0 Å². The van der Waals surface area contributed by atoms with E-state index in [0.29, 0.717) is 5.92 Å². The van der Waals surface area contributed by atoms with Crippen LogP contribution in [0.25, 0.3) is 0 Å². The summed E-state index contributed by atoms with van der Waals surface area (Å²) in [6.45, 7) is 8.41. The van der Waals surface area contributed by atoms with Crippen molar-refractivity contribution in [3.05, 3.63) is 11.9 Å². The number of anilines is 2. The summed E-state index contributed by atoms with van der Waals surface area (Å²) in [6, 6.07) is 0.